The second kappa shape index (κ2) is 6.08. The molecule has 1 unspecified atom stereocenters. The third-order valence-electron chi connectivity index (χ3n) is 3.32. The summed E-state index contributed by atoms with van der Waals surface area (Å²) in [6.45, 7) is 0. The van der Waals surface area contributed by atoms with Gasteiger partial charge >= 0.3 is 0 Å². The molecule has 0 aliphatic heterocycles. The molecule has 0 fully saturated rings. The molecule has 2 aromatic carbocycles. The van der Waals surface area contributed by atoms with Crippen LogP contribution in [0, 0.1) is 0 Å². The zero-order chi connectivity index (χ0) is 15.0. The van der Waals surface area contributed by atoms with Crippen LogP contribution in [0.3, 0.4) is 0 Å². The van der Waals surface area contributed by atoms with Crippen LogP contribution in [0.5, 0.6) is 5.75 Å². The molecule has 1 aromatic heterocycles. The summed E-state index contributed by atoms with van der Waals surface area (Å²) in [5.41, 5.74) is 0.883. The van der Waals surface area contributed by atoms with Crippen molar-refractivity contribution in [3.63, 3.8) is 0 Å². The van der Waals surface area contributed by atoms with Crippen LogP contribution in [-0.4, -0.2) is 12.2 Å². The summed E-state index contributed by atoms with van der Waals surface area (Å²) in [5.74, 6) is 0.835. The lowest BCUT2D eigenvalue weighted by Gasteiger charge is -2.10. The average molecular weight is 428 g/mol. The van der Waals surface area contributed by atoms with Gasteiger partial charge in [-0.25, -0.2) is 0 Å². The molecule has 0 saturated heterocycles. The van der Waals surface area contributed by atoms with Crippen molar-refractivity contribution in [1.82, 2.24) is 0 Å². The summed E-state index contributed by atoms with van der Waals surface area (Å²) in [6.07, 6.45) is -0.621. The highest BCUT2D eigenvalue weighted by Gasteiger charge is 2.15. The van der Waals surface area contributed by atoms with Crippen molar-refractivity contribution in [3.8, 4) is 5.75 Å². The van der Waals surface area contributed by atoms with Crippen LogP contribution in [0.15, 0.2) is 50.7 Å². The number of rotatable bonds is 3. The topological polar surface area (TPSA) is 29.5 Å². The third-order valence-corrected chi connectivity index (χ3v) is 6.63. The number of methoxy groups -OCH3 is 1. The number of ether oxygens (including phenoxy) is 1. The van der Waals surface area contributed by atoms with E-state index in [0.717, 1.165) is 35.2 Å². The molecule has 0 radical (unpaired) electrons. The Balaban J connectivity index is 2.00. The second-order valence-corrected chi connectivity index (χ2v) is 7.90. The first-order chi connectivity index (χ1) is 10.1. The van der Waals surface area contributed by atoms with Crippen LogP contribution in [-0.2, 0) is 0 Å². The summed E-state index contributed by atoms with van der Waals surface area (Å²) in [6, 6.07) is 13.8. The Hall–Kier alpha value is -0.880. The molecule has 0 saturated carbocycles. The van der Waals surface area contributed by atoms with Crippen molar-refractivity contribution in [2.45, 2.75) is 6.10 Å². The summed E-state index contributed by atoms with van der Waals surface area (Å²) < 4.78 is 7.18. The number of thiophene rings is 1. The molecular formula is C16H12Br2O2S. The smallest absolute Gasteiger partial charge is 0.119 e. The minimum absolute atomic E-state index is 0.621. The van der Waals surface area contributed by atoms with Crippen LogP contribution in [0.4, 0.5) is 0 Å². The van der Waals surface area contributed by atoms with Crippen LogP contribution in [0.25, 0.3) is 10.8 Å². The molecule has 3 rings (SSSR count). The lowest BCUT2D eigenvalue weighted by molar-refractivity contribution is 0.224. The molecule has 0 amide bonds. The quantitative estimate of drug-likeness (QED) is 0.596. The van der Waals surface area contributed by atoms with E-state index >= 15 is 0 Å². The maximum Gasteiger partial charge on any atom is 0.119 e. The van der Waals surface area contributed by atoms with Gasteiger partial charge in [0.05, 0.1) is 10.9 Å². The maximum atomic E-state index is 10.5. The summed E-state index contributed by atoms with van der Waals surface area (Å²) in [4.78, 5) is 0.904. The summed E-state index contributed by atoms with van der Waals surface area (Å²) in [7, 11) is 1.66. The van der Waals surface area contributed by atoms with Crippen LogP contribution in [0.1, 0.15) is 16.5 Å². The molecule has 1 N–H and O–H groups in total. The van der Waals surface area contributed by atoms with E-state index in [9.17, 15) is 5.11 Å². The van der Waals surface area contributed by atoms with E-state index in [1.165, 1.54) is 11.3 Å². The van der Waals surface area contributed by atoms with Crippen LogP contribution >= 0.6 is 43.2 Å². The number of benzene rings is 2. The van der Waals surface area contributed by atoms with Gasteiger partial charge < -0.3 is 9.84 Å². The van der Waals surface area contributed by atoms with Gasteiger partial charge in [-0.15, -0.1) is 11.3 Å². The number of aliphatic hydroxyl groups is 1. The summed E-state index contributed by atoms with van der Waals surface area (Å²) in [5, 5.41) is 12.7. The predicted molar refractivity (Wildman–Crippen MR) is 94.3 cm³/mol. The first kappa shape index (κ1) is 15.0. The van der Waals surface area contributed by atoms with Gasteiger partial charge in [0.15, 0.2) is 0 Å². The molecule has 1 atom stereocenters. The molecule has 0 bridgehead atoms. The van der Waals surface area contributed by atoms with Crippen LogP contribution < -0.4 is 4.74 Å². The molecule has 108 valence electrons. The fourth-order valence-electron chi connectivity index (χ4n) is 2.20. The van der Waals surface area contributed by atoms with Crippen molar-refractivity contribution >= 4 is 54.0 Å². The standard InChI is InChI=1S/C16H12Br2O2S/c1-20-12-5-4-9-6-11(3-2-10(9)7-12)15(19)14-8-13(17)16(18)21-14/h2-8,15,19H,1H3. The molecule has 3 aromatic rings. The van der Waals surface area contributed by atoms with E-state index in [1.807, 2.05) is 42.5 Å². The fourth-order valence-corrected chi connectivity index (χ4v) is 4.31. The number of hydrogen-bond donors (Lipinski definition) is 1. The van der Waals surface area contributed by atoms with Crippen molar-refractivity contribution in [2.75, 3.05) is 7.11 Å². The monoisotopic (exact) mass is 426 g/mol. The van der Waals surface area contributed by atoms with Gasteiger partial charge in [-0.2, -0.15) is 0 Å². The second-order valence-electron chi connectivity index (χ2n) is 4.65. The van der Waals surface area contributed by atoms with E-state index in [2.05, 4.69) is 31.9 Å². The first-order valence-corrected chi connectivity index (χ1v) is 8.69. The lowest BCUT2D eigenvalue weighted by atomic mass is 10.0. The van der Waals surface area contributed by atoms with E-state index in [0.29, 0.717) is 0 Å². The Morgan fingerprint density at radius 3 is 2.43 bits per heavy atom. The predicted octanol–water partition coefficient (Wildman–Crippen LogP) is 5.52. The largest absolute Gasteiger partial charge is 0.497 e. The summed E-state index contributed by atoms with van der Waals surface area (Å²) >= 11 is 8.44. The van der Waals surface area contributed by atoms with Gasteiger partial charge in [0.25, 0.3) is 0 Å². The Bertz CT molecular complexity index is 779. The molecule has 1 heterocycles. The van der Waals surface area contributed by atoms with Crippen molar-refractivity contribution in [2.24, 2.45) is 0 Å². The molecule has 0 aliphatic rings. The molecule has 2 nitrogen and oxygen atoms in total. The highest BCUT2D eigenvalue weighted by molar-refractivity contribution is 9.13. The zero-order valence-electron chi connectivity index (χ0n) is 11.1. The highest BCUT2D eigenvalue weighted by atomic mass is 79.9. The number of aliphatic hydroxyl groups excluding tert-OH is 1. The van der Waals surface area contributed by atoms with Gasteiger partial charge in [0, 0.05) is 9.35 Å². The minimum Gasteiger partial charge on any atom is -0.497 e. The lowest BCUT2D eigenvalue weighted by Crippen LogP contribution is -1.96. The Morgan fingerprint density at radius 1 is 1.05 bits per heavy atom. The zero-order valence-corrected chi connectivity index (χ0v) is 15.1. The van der Waals surface area contributed by atoms with Gasteiger partial charge in [-0.1, -0.05) is 18.2 Å². The first-order valence-electron chi connectivity index (χ1n) is 6.29. The minimum atomic E-state index is -0.621. The van der Waals surface area contributed by atoms with E-state index in [4.69, 9.17) is 4.74 Å². The third kappa shape index (κ3) is 3.01. The Labute approximate surface area is 143 Å². The fraction of sp³-hybridized carbons (Fsp3) is 0.125. The van der Waals surface area contributed by atoms with Gasteiger partial charge in [-0.05, 0) is 72.5 Å². The highest BCUT2D eigenvalue weighted by Crippen LogP contribution is 2.38. The SMILES string of the molecule is COc1ccc2cc(C(O)c3cc(Br)c(Br)s3)ccc2c1. The van der Waals surface area contributed by atoms with Crippen molar-refractivity contribution < 1.29 is 9.84 Å². The van der Waals surface area contributed by atoms with Gasteiger partial charge in [-0.3, -0.25) is 0 Å². The van der Waals surface area contributed by atoms with Crippen molar-refractivity contribution in [3.05, 3.63) is 61.2 Å². The van der Waals surface area contributed by atoms with Gasteiger partial charge in [0.1, 0.15) is 11.9 Å². The van der Waals surface area contributed by atoms with Crippen LogP contribution in [0.2, 0.25) is 0 Å². The van der Waals surface area contributed by atoms with E-state index < -0.39 is 6.10 Å². The maximum absolute atomic E-state index is 10.5. The Kier molecular flexibility index (Phi) is 4.36. The molecular weight excluding hydrogens is 416 g/mol. The Morgan fingerprint density at radius 2 is 1.76 bits per heavy atom. The van der Waals surface area contributed by atoms with E-state index in [1.54, 1.807) is 7.11 Å². The van der Waals surface area contributed by atoms with Gasteiger partial charge in [0.2, 0.25) is 0 Å². The molecule has 5 heteroatoms. The number of hydrogen-bond acceptors (Lipinski definition) is 3. The normalized spacial score (nSPS) is 12.6. The molecule has 0 aliphatic carbocycles. The van der Waals surface area contributed by atoms with E-state index in [-0.39, 0.29) is 0 Å². The molecule has 21 heavy (non-hydrogen) atoms. The van der Waals surface area contributed by atoms with Crippen molar-refractivity contribution in [1.29, 1.82) is 0 Å². The molecule has 0 spiro atoms. The average Bonchev–Trinajstić information content (AvgIpc) is 2.85. The number of halogens is 2. The number of fused-ring (bicyclic) bond motifs is 1.